The Bertz CT molecular complexity index is 354. The van der Waals surface area contributed by atoms with Crippen molar-refractivity contribution in [2.45, 2.75) is 70.6 Å². The molecule has 0 bridgehead atoms. The van der Waals surface area contributed by atoms with Crippen LogP contribution >= 0.6 is 0 Å². The third-order valence-electron chi connectivity index (χ3n) is 3.94. The summed E-state index contributed by atoms with van der Waals surface area (Å²) in [6.45, 7) is 0.323. The normalized spacial score (nSPS) is 17.2. The van der Waals surface area contributed by atoms with Crippen molar-refractivity contribution in [2.24, 2.45) is 5.92 Å². The lowest BCUT2D eigenvalue weighted by Gasteiger charge is -2.06. The second-order valence-electron chi connectivity index (χ2n) is 5.93. The first-order valence-corrected chi connectivity index (χ1v) is 9.89. The van der Waals surface area contributed by atoms with Gasteiger partial charge in [-0.05, 0) is 38.0 Å². The maximum Gasteiger partial charge on any atom is 0.264 e. The van der Waals surface area contributed by atoms with Gasteiger partial charge in [-0.2, -0.15) is 8.42 Å². The molecule has 0 aliphatic heterocycles. The quantitative estimate of drug-likeness (QED) is 0.322. The Labute approximate surface area is 124 Å². The predicted molar refractivity (Wildman–Crippen MR) is 84.2 cm³/mol. The minimum absolute atomic E-state index is 0.323. The van der Waals surface area contributed by atoms with Gasteiger partial charge in [0.05, 0.1) is 12.9 Å². The zero-order valence-electron chi connectivity index (χ0n) is 12.9. The molecule has 1 aliphatic carbocycles. The molecule has 0 aromatic heterocycles. The molecule has 3 nitrogen and oxygen atoms in total. The van der Waals surface area contributed by atoms with E-state index in [9.17, 15) is 8.42 Å². The van der Waals surface area contributed by atoms with Crippen LogP contribution in [0.4, 0.5) is 0 Å². The van der Waals surface area contributed by atoms with Crippen molar-refractivity contribution in [3.05, 3.63) is 12.2 Å². The van der Waals surface area contributed by atoms with E-state index in [0.717, 1.165) is 37.9 Å². The molecular weight excluding hydrogens is 272 g/mol. The summed E-state index contributed by atoms with van der Waals surface area (Å²) < 4.78 is 26.1. The first-order valence-electron chi connectivity index (χ1n) is 8.07. The fourth-order valence-corrected chi connectivity index (χ4v) is 3.23. The van der Waals surface area contributed by atoms with Crippen LogP contribution in [-0.4, -0.2) is 21.3 Å². The summed E-state index contributed by atoms with van der Waals surface area (Å²) in [5, 5.41) is 0. The molecule has 0 atom stereocenters. The van der Waals surface area contributed by atoms with Gasteiger partial charge in [-0.3, -0.25) is 4.18 Å². The van der Waals surface area contributed by atoms with Crippen molar-refractivity contribution in [1.82, 2.24) is 0 Å². The molecule has 1 rings (SSSR count). The highest BCUT2D eigenvalue weighted by molar-refractivity contribution is 7.85. The fraction of sp³-hybridized carbons (Fsp3) is 0.875. The fourth-order valence-electron chi connectivity index (χ4n) is 2.81. The molecule has 0 spiro atoms. The van der Waals surface area contributed by atoms with E-state index in [0.29, 0.717) is 6.61 Å². The van der Waals surface area contributed by atoms with E-state index >= 15 is 0 Å². The molecule has 20 heavy (non-hydrogen) atoms. The van der Waals surface area contributed by atoms with Gasteiger partial charge in [0.1, 0.15) is 0 Å². The van der Waals surface area contributed by atoms with Gasteiger partial charge in [0.25, 0.3) is 10.1 Å². The van der Waals surface area contributed by atoms with Crippen molar-refractivity contribution in [3.63, 3.8) is 0 Å². The van der Waals surface area contributed by atoms with Gasteiger partial charge in [-0.25, -0.2) is 0 Å². The predicted octanol–water partition coefficient (Wildman–Crippen LogP) is 4.44. The summed E-state index contributed by atoms with van der Waals surface area (Å²) in [4.78, 5) is 0. The van der Waals surface area contributed by atoms with E-state index in [1.54, 1.807) is 0 Å². The maximum absolute atomic E-state index is 10.7. The van der Waals surface area contributed by atoms with Gasteiger partial charge in [0.2, 0.25) is 0 Å². The molecule has 4 heteroatoms. The van der Waals surface area contributed by atoms with Crippen LogP contribution in [0.25, 0.3) is 0 Å². The summed E-state index contributed by atoms with van der Waals surface area (Å²) in [7, 11) is -3.25. The van der Waals surface area contributed by atoms with Gasteiger partial charge in [-0.1, -0.05) is 50.7 Å². The smallest absolute Gasteiger partial charge is 0.264 e. The standard InChI is InChI=1S/C16H30O3S/c1-20(17,18)19-15-11-7-5-3-2-4-6-8-12-16-13-9-10-14-16/h2,4,16H,3,5-15H2,1H3. The van der Waals surface area contributed by atoms with Crippen LogP contribution in [0.5, 0.6) is 0 Å². The molecule has 0 radical (unpaired) electrons. The molecular formula is C16H30O3S. The van der Waals surface area contributed by atoms with E-state index in [2.05, 4.69) is 12.2 Å². The molecule has 0 N–H and O–H groups in total. The van der Waals surface area contributed by atoms with Gasteiger partial charge >= 0.3 is 0 Å². The van der Waals surface area contributed by atoms with Crippen molar-refractivity contribution >= 4 is 10.1 Å². The second kappa shape index (κ2) is 10.4. The Kier molecular flexibility index (Phi) is 9.19. The average molecular weight is 302 g/mol. The molecule has 0 unspecified atom stereocenters. The van der Waals surface area contributed by atoms with Gasteiger partial charge < -0.3 is 0 Å². The Hall–Kier alpha value is -0.350. The molecule has 0 heterocycles. The maximum atomic E-state index is 10.7. The number of unbranched alkanes of at least 4 members (excludes halogenated alkanes) is 4. The molecule has 0 saturated heterocycles. The highest BCUT2D eigenvalue weighted by atomic mass is 32.2. The summed E-state index contributed by atoms with van der Waals surface area (Å²) in [5.41, 5.74) is 0. The van der Waals surface area contributed by atoms with Crippen LogP contribution in [0.2, 0.25) is 0 Å². The zero-order chi connectivity index (χ0) is 14.7. The zero-order valence-corrected chi connectivity index (χ0v) is 13.7. The summed E-state index contributed by atoms with van der Waals surface area (Å²) in [6.07, 6.45) is 19.5. The number of rotatable bonds is 11. The molecule has 1 saturated carbocycles. The first-order chi connectivity index (χ1) is 9.58. The van der Waals surface area contributed by atoms with Crippen LogP contribution in [0, 0.1) is 5.92 Å². The van der Waals surface area contributed by atoms with Gasteiger partial charge in [0.15, 0.2) is 0 Å². The minimum Gasteiger partial charge on any atom is -0.270 e. The minimum atomic E-state index is -3.25. The molecule has 1 fully saturated rings. The topological polar surface area (TPSA) is 43.4 Å². The van der Waals surface area contributed by atoms with Crippen LogP contribution < -0.4 is 0 Å². The summed E-state index contributed by atoms with van der Waals surface area (Å²) >= 11 is 0. The highest BCUT2D eigenvalue weighted by Gasteiger charge is 2.13. The van der Waals surface area contributed by atoms with E-state index in [4.69, 9.17) is 4.18 Å². The van der Waals surface area contributed by atoms with E-state index < -0.39 is 10.1 Å². The van der Waals surface area contributed by atoms with Crippen LogP contribution in [0.15, 0.2) is 12.2 Å². The van der Waals surface area contributed by atoms with E-state index in [1.165, 1.54) is 44.9 Å². The number of allylic oxidation sites excluding steroid dienone is 2. The summed E-state index contributed by atoms with van der Waals surface area (Å²) in [5.74, 6) is 1.01. The highest BCUT2D eigenvalue weighted by Crippen LogP contribution is 2.28. The van der Waals surface area contributed by atoms with Crippen LogP contribution in [0.1, 0.15) is 70.6 Å². The molecule has 0 aromatic rings. The lowest BCUT2D eigenvalue weighted by molar-refractivity contribution is 0.310. The van der Waals surface area contributed by atoms with Crippen molar-refractivity contribution < 1.29 is 12.6 Å². The van der Waals surface area contributed by atoms with Crippen LogP contribution in [-0.2, 0) is 14.3 Å². The Morgan fingerprint density at radius 2 is 1.65 bits per heavy atom. The van der Waals surface area contributed by atoms with E-state index in [1.807, 2.05) is 0 Å². The number of hydrogen-bond donors (Lipinski definition) is 0. The Morgan fingerprint density at radius 3 is 2.30 bits per heavy atom. The van der Waals surface area contributed by atoms with Crippen LogP contribution in [0.3, 0.4) is 0 Å². The van der Waals surface area contributed by atoms with E-state index in [-0.39, 0.29) is 0 Å². The average Bonchev–Trinajstić information content (AvgIpc) is 2.87. The SMILES string of the molecule is CS(=O)(=O)OCCCCCC=CCCCC1CCCC1. The number of hydrogen-bond acceptors (Lipinski definition) is 3. The second-order valence-corrected chi connectivity index (χ2v) is 7.57. The Balaban J connectivity index is 1.82. The summed E-state index contributed by atoms with van der Waals surface area (Å²) in [6, 6.07) is 0. The van der Waals surface area contributed by atoms with Crippen molar-refractivity contribution in [2.75, 3.05) is 12.9 Å². The van der Waals surface area contributed by atoms with Gasteiger partial charge in [-0.15, -0.1) is 0 Å². The molecule has 118 valence electrons. The van der Waals surface area contributed by atoms with Crippen molar-refractivity contribution in [1.29, 1.82) is 0 Å². The largest absolute Gasteiger partial charge is 0.270 e. The van der Waals surface area contributed by atoms with Gasteiger partial charge in [0, 0.05) is 0 Å². The molecule has 0 aromatic carbocycles. The Morgan fingerprint density at radius 1 is 1.00 bits per heavy atom. The van der Waals surface area contributed by atoms with Crippen molar-refractivity contribution in [3.8, 4) is 0 Å². The monoisotopic (exact) mass is 302 g/mol. The first kappa shape index (κ1) is 17.7. The third kappa shape index (κ3) is 10.4. The molecule has 0 amide bonds. The molecule has 1 aliphatic rings. The lowest BCUT2D eigenvalue weighted by Crippen LogP contribution is -2.03. The lowest BCUT2D eigenvalue weighted by atomic mass is 10.0. The third-order valence-corrected chi connectivity index (χ3v) is 4.53.